The number of hydrogen-bond acceptors (Lipinski definition) is 6. The number of halogens is 1. The lowest BCUT2D eigenvalue weighted by molar-refractivity contribution is -0.136. The molecule has 10 heteroatoms. The summed E-state index contributed by atoms with van der Waals surface area (Å²) >= 11 is 7.39. The monoisotopic (exact) mass is 440 g/mol. The standard InChI is InChI=1S/C19H25ClN4O4S/c1-9(24-12(4)15(20)11(3)23-24)7-8-21-16(25)17(26)22-18-14(19(27)28-6)10(2)13(5)29-18/h9H,7-8H2,1-6H3,(H,21,25)(H,22,26). The van der Waals surface area contributed by atoms with Crippen LogP contribution >= 0.6 is 22.9 Å². The van der Waals surface area contributed by atoms with Crippen LogP contribution in [0, 0.1) is 27.7 Å². The predicted molar refractivity (Wildman–Crippen MR) is 113 cm³/mol. The van der Waals surface area contributed by atoms with E-state index in [1.165, 1.54) is 18.4 Å². The van der Waals surface area contributed by atoms with Gasteiger partial charge >= 0.3 is 17.8 Å². The van der Waals surface area contributed by atoms with Crippen molar-refractivity contribution in [3.05, 3.63) is 32.4 Å². The van der Waals surface area contributed by atoms with Crippen molar-refractivity contribution in [2.45, 2.75) is 47.1 Å². The molecule has 0 radical (unpaired) electrons. The van der Waals surface area contributed by atoms with Gasteiger partial charge < -0.3 is 15.4 Å². The number of thiophene rings is 1. The summed E-state index contributed by atoms with van der Waals surface area (Å²) in [6, 6.07) is -0.00177. The number of esters is 1. The predicted octanol–water partition coefficient (Wildman–Crippen LogP) is 3.32. The van der Waals surface area contributed by atoms with Gasteiger partial charge in [-0.25, -0.2) is 4.79 Å². The smallest absolute Gasteiger partial charge is 0.341 e. The largest absolute Gasteiger partial charge is 0.465 e. The molecule has 2 aromatic rings. The third-order valence-electron chi connectivity index (χ3n) is 4.71. The van der Waals surface area contributed by atoms with Crippen molar-refractivity contribution >= 4 is 45.7 Å². The van der Waals surface area contributed by atoms with Gasteiger partial charge in [0.2, 0.25) is 0 Å². The molecule has 8 nitrogen and oxygen atoms in total. The average Bonchev–Trinajstić information content (AvgIpc) is 3.10. The Hall–Kier alpha value is -2.39. The number of aromatic nitrogens is 2. The van der Waals surface area contributed by atoms with Crippen molar-refractivity contribution in [2.24, 2.45) is 0 Å². The molecule has 2 aromatic heterocycles. The molecule has 1 atom stereocenters. The molecule has 2 N–H and O–H groups in total. The van der Waals surface area contributed by atoms with Gasteiger partial charge in [-0.05, 0) is 46.6 Å². The Kier molecular flexibility index (Phi) is 7.43. The number of methoxy groups -OCH3 is 1. The summed E-state index contributed by atoms with van der Waals surface area (Å²) in [7, 11) is 1.27. The van der Waals surface area contributed by atoms with Crippen LogP contribution in [-0.4, -0.2) is 41.2 Å². The first kappa shape index (κ1) is 22.9. The summed E-state index contributed by atoms with van der Waals surface area (Å²) in [5, 5.41) is 10.4. The van der Waals surface area contributed by atoms with Gasteiger partial charge in [0.15, 0.2) is 0 Å². The zero-order valence-electron chi connectivity index (χ0n) is 17.3. The number of aryl methyl sites for hydroxylation is 2. The second-order valence-electron chi connectivity index (χ2n) is 6.76. The second-order valence-corrected chi connectivity index (χ2v) is 8.36. The van der Waals surface area contributed by atoms with E-state index >= 15 is 0 Å². The molecule has 2 heterocycles. The van der Waals surface area contributed by atoms with Crippen molar-refractivity contribution in [3.8, 4) is 0 Å². The molecule has 0 fully saturated rings. The lowest BCUT2D eigenvalue weighted by atomic mass is 10.1. The maximum atomic E-state index is 12.2. The Morgan fingerprint density at radius 2 is 1.86 bits per heavy atom. The van der Waals surface area contributed by atoms with Crippen molar-refractivity contribution in [2.75, 3.05) is 19.0 Å². The molecule has 0 aliphatic rings. The first-order valence-corrected chi connectivity index (χ1v) is 10.3. The number of amides is 2. The molecule has 0 saturated carbocycles. The summed E-state index contributed by atoms with van der Waals surface area (Å²) in [6.07, 6.45) is 0.571. The molecule has 0 bridgehead atoms. The van der Waals surface area contributed by atoms with Gasteiger partial charge in [0.05, 0.1) is 35.1 Å². The van der Waals surface area contributed by atoms with Gasteiger partial charge in [-0.15, -0.1) is 11.3 Å². The van der Waals surface area contributed by atoms with E-state index < -0.39 is 17.8 Å². The van der Waals surface area contributed by atoms with Crippen molar-refractivity contribution in [1.29, 1.82) is 0 Å². The molecular formula is C19H25ClN4O4S. The molecular weight excluding hydrogens is 416 g/mol. The minimum atomic E-state index is -0.835. The van der Waals surface area contributed by atoms with E-state index in [1.54, 1.807) is 6.92 Å². The number of rotatable bonds is 6. The van der Waals surface area contributed by atoms with Crippen LogP contribution in [0.3, 0.4) is 0 Å². The molecule has 158 valence electrons. The molecule has 0 aromatic carbocycles. The van der Waals surface area contributed by atoms with Crippen LogP contribution in [0.2, 0.25) is 5.02 Å². The Morgan fingerprint density at radius 1 is 1.21 bits per heavy atom. The molecule has 0 aliphatic heterocycles. The Balaban J connectivity index is 1.95. The lowest BCUT2D eigenvalue weighted by Crippen LogP contribution is -2.36. The lowest BCUT2D eigenvalue weighted by Gasteiger charge is -2.14. The van der Waals surface area contributed by atoms with Crippen molar-refractivity contribution in [1.82, 2.24) is 15.1 Å². The fourth-order valence-electron chi connectivity index (χ4n) is 2.89. The summed E-state index contributed by atoms with van der Waals surface area (Å²) in [6.45, 7) is 9.56. The van der Waals surface area contributed by atoms with Gasteiger partial charge in [-0.2, -0.15) is 5.10 Å². The van der Waals surface area contributed by atoms with Gasteiger partial charge in [-0.3, -0.25) is 14.3 Å². The SMILES string of the molecule is COC(=O)c1c(NC(=O)C(=O)NCCC(C)n2nc(C)c(Cl)c2C)sc(C)c1C. The average molecular weight is 441 g/mol. The maximum absolute atomic E-state index is 12.2. The summed E-state index contributed by atoms with van der Waals surface area (Å²) in [4.78, 5) is 37.2. The molecule has 2 amide bonds. The van der Waals surface area contributed by atoms with E-state index in [1.807, 2.05) is 32.4 Å². The molecule has 2 rings (SSSR count). The topological polar surface area (TPSA) is 102 Å². The van der Waals surface area contributed by atoms with Crippen LogP contribution in [0.1, 0.15) is 51.6 Å². The summed E-state index contributed by atoms with van der Waals surface area (Å²) in [5.41, 5.74) is 2.60. The zero-order valence-corrected chi connectivity index (χ0v) is 18.9. The van der Waals surface area contributed by atoms with Crippen LogP contribution in [-0.2, 0) is 14.3 Å². The highest BCUT2D eigenvalue weighted by molar-refractivity contribution is 7.17. The van der Waals surface area contributed by atoms with E-state index in [4.69, 9.17) is 16.3 Å². The van der Waals surface area contributed by atoms with Crippen LogP contribution in [0.5, 0.6) is 0 Å². The van der Waals surface area contributed by atoms with Crippen molar-refractivity contribution in [3.63, 3.8) is 0 Å². The van der Waals surface area contributed by atoms with E-state index in [0.29, 0.717) is 16.4 Å². The highest BCUT2D eigenvalue weighted by atomic mass is 35.5. The van der Waals surface area contributed by atoms with E-state index in [-0.39, 0.29) is 18.2 Å². The van der Waals surface area contributed by atoms with E-state index in [2.05, 4.69) is 15.7 Å². The fraction of sp³-hybridized carbons (Fsp3) is 0.474. The van der Waals surface area contributed by atoms with Gasteiger partial charge in [0, 0.05) is 11.4 Å². The first-order chi connectivity index (χ1) is 13.6. The van der Waals surface area contributed by atoms with Crippen LogP contribution < -0.4 is 10.6 Å². The Labute approximate surface area is 178 Å². The number of carbonyl (C=O) groups excluding carboxylic acids is 3. The third-order valence-corrected chi connectivity index (χ3v) is 6.38. The van der Waals surface area contributed by atoms with Gasteiger partial charge in [0.1, 0.15) is 5.00 Å². The number of nitrogens with zero attached hydrogens (tertiary/aromatic N) is 2. The quantitative estimate of drug-likeness (QED) is 0.529. The van der Waals surface area contributed by atoms with Gasteiger partial charge in [0.25, 0.3) is 0 Å². The van der Waals surface area contributed by atoms with Crippen LogP contribution in [0.4, 0.5) is 5.00 Å². The minimum absolute atomic E-state index is 0.00177. The number of ether oxygens (including phenoxy) is 1. The summed E-state index contributed by atoms with van der Waals surface area (Å²) < 4.78 is 6.57. The molecule has 29 heavy (non-hydrogen) atoms. The van der Waals surface area contributed by atoms with Gasteiger partial charge in [-0.1, -0.05) is 11.6 Å². The van der Waals surface area contributed by atoms with Crippen LogP contribution in [0.15, 0.2) is 0 Å². The molecule has 0 spiro atoms. The number of carbonyl (C=O) groups is 3. The first-order valence-electron chi connectivity index (χ1n) is 9.07. The number of hydrogen-bond donors (Lipinski definition) is 2. The molecule has 0 aliphatic carbocycles. The highest BCUT2D eigenvalue weighted by Crippen LogP contribution is 2.32. The minimum Gasteiger partial charge on any atom is -0.465 e. The van der Waals surface area contributed by atoms with Crippen molar-refractivity contribution < 1.29 is 19.1 Å². The summed E-state index contributed by atoms with van der Waals surface area (Å²) in [5.74, 6) is -2.17. The highest BCUT2D eigenvalue weighted by Gasteiger charge is 2.24. The Bertz CT molecular complexity index is 951. The van der Waals surface area contributed by atoms with E-state index in [0.717, 1.165) is 21.8 Å². The Morgan fingerprint density at radius 3 is 2.41 bits per heavy atom. The third kappa shape index (κ3) is 4.97. The molecule has 1 unspecified atom stereocenters. The maximum Gasteiger partial charge on any atom is 0.341 e. The van der Waals surface area contributed by atoms with E-state index in [9.17, 15) is 14.4 Å². The normalized spacial score (nSPS) is 11.8. The zero-order chi connectivity index (χ0) is 21.9. The van der Waals surface area contributed by atoms with Crippen LogP contribution in [0.25, 0.3) is 0 Å². The fourth-order valence-corrected chi connectivity index (χ4v) is 4.06. The second kappa shape index (κ2) is 9.41. The molecule has 0 saturated heterocycles. The number of nitrogens with one attached hydrogen (secondary N) is 2. The number of anilines is 1.